The van der Waals surface area contributed by atoms with Gasteiger partial charge < -0.3 is 14.7 Å². The summed E-state index contributed by atoms with van der Waals surface area (Å²) in [5, 5.41) is 10.1. The van der Waals surface area contributed by atoms with E-state index in [0.29, 0.717) is 6.54 Å². The van der Waals surface area contributed by atoms with Crippen LogP contribution < -0.4 is 0 Å². The van der Waals surface area contributed by atoms with Crippen LogP contribution in [0.4, 0.5) is 4.79 Å². The van der Waals surface area contributed by atoms with Crippen molar-refractivity contribution >= 4 is 6.09 Å². The van der Waals surface area contributed by atoms with Crippen LogP contribution in [0.15, 0.2) is 0 Å². The molecule has 0 aromatic rings. The minimum absolute atomic E-state index is 0.0256. The maximum absolute atomic E-state index is 11.9. The molecule has 0 spiro atoms. The summed E-state index contributed by atoms with van der Waals surface area (Å²) >= 11 is 0. The number of likely N-dealkylation sites (tertiary alicyclic amines) is 1. The molecule has 1 saturated heterocycles. The molecule has 1 heterocycles. The Morgan fingerprint density at radius 2 is 2.06 bits per heavy atom. The maximum Gasteiger partial charge on any atom is 0.410 e. The Morgan fingerprint density at radius 1 is 1.44 bits per heavy atom. The molecule has 1 aliphatic heterocycles. The lowest BCUT2D eigenvalue weighted by atomic mass is 10.1. The molecule has 1 unspecified atom stereocenters. The number of rotatable bonds is 1. The van der Waals surface area contributed by atoms with Gasteiger partial charge in [-0.25, -0.2) is 4.79 Å². The third-order valence-electron chi connectivity index (χ3n) is 3.26. The molecule has 0 aromatic carbocycles. The number of hydrogen-bond acceptors (Lipinski definition) is 3. The topological polar surface area (TPSA) is 49.8 Å². The van der Waals surface area contributed by atoms with Gasteiger partial charge in [0.1, 0.15) is 5.60 Å². The van der Waals surface area contributed by atoms with Crippen LogP contribution in [0.2, 0.25) is 0 Å². The number of nitrogens with zero attached hydrogens (tertiary/aromatic N) is 1. The molecular formula is C12H21NO3. The summed E-state index contributed by atoms with van der Waals surface area (Å²) in [4.78, 5) is 13.6. The quantitative estimate of drug-likeness (QED) is 0.744. The number of hydrogen-bond donors (Lipinski definition) is 1. The first-order chi connectivity index (χ1) is 7.32. The molecule has 1 N–H and O–H groups in total. The molecule has 1 atom stereocenters. The van der Waals surface area contributed by atoms with Gasteiger partial charge in [0.05, 0.1) is 11.6 Å². The number of amides is 1. The average molecular weight is 227 g/mol. The zero-order chi connectivity index (χ0) is 12.0. The second-order valence-electron chi connectivity index (χ2n) is 5.94. The van der Waals surface area contributed by atoms with Gasteiger partial charge in [0.15, 0.2) is 0 Å². The van der Waals surface area contributed by atoms with E-state index < -0.39 is 11.2 Å². The van der Waals surface area contributed by atoms with Crippen molar-refractivity contribution in [2.45, 2.75) is 63.7 Å². The first-order valence-electron chi connectivity index (χ1n) is 6.04. The highest BCUT2D eigenvalue weighted by Gasteiger charge is 2.53. The Bertz CT molecular complexity index is 291. The predicted octanol–water partition coefficient (Wildman–Crippen LogP) is 1.91. The average Bonchev–Trinajstić information content (AvgIpc) is 2.70. The lowest BCUT2D eigenvalue weighted by Crippen LogP contribution is -2.46. The summed E-state index contributed by atoms with van der Waals surface area (Å²) in [7, 11) is 0. The zero-order valence-electron chi connectivity index (χ0n) is 10.3. The van der Waals surface area contributed by atoms with Crippen molar-refractivity contribution in [3.8, 4) is 0 Å². The molecule has 4 nitrogen and oxygen atoms in total. The first-order valence-corrected chi connectivity index (χ1v) is 6.04. The van der Waals surface area contributed by atoms with Crippen LogP contribution in [0.1, 0.15) is 46.5 Å². The van der Waals surface area contributed by atoms with Crippen LogP contribution in [0.3, 0.4) is 0 Å². The Balaban J connectivity index is 2.00. The largest absolute Gasteiger partial charge is 0.444 e. The van der Waals surface area contributed by atoms with Crippen LogP contribution in [0, 0.1) is 0 Å². The monoisotopic (exact) mass is 227 g/mol. The summed E-state index contributed by atoms with van der Waals surface area (Å²) in [6, 6.07) is -0.0256. The number of aliphatic hydroxyl groups is 1. The van der Waals surface area contributed by atoms with Gasteiger partial charge in [0.2, 0.25) is 0 Å². The Kier molecular flexibility index (Phi) is 2.65. The molecule has 0 bridgehead atoms. The predicted molar refractivity (Wildman–Crippen MR) is 60.1 cm³/mol. The van der Waals surface area contributed by atoms with Crippen molar-refractivity contribution in [3.63, 3.8) is 0 Å². The number of ether oxygens (including phenoxy) is 1. The first kappa shape index (κ1) is 11.7. The van der Waals surface area contributed by atoms with Gasteiger partial charge in [0.25, 0.3) is 0 Å². The molecule has 4 heteroatoms. The molecule has 0 radical (unpaired) electrons. The van der Waals surface area contributed by atoms with Crippen LogP contribution in [-0.4, -0.2) is 39.9 Å². The molecule has 2 rings (SSSR count). The van der Waals surface area contributed by atoms with Crippen LogP contribution in [-0.2, 0) is 4.74 Å². The van der Waals surface area contributed by atoms with Gasteiger partial charge in [-0.3, -0.25) is 0 Å². The van der Waals surface area contributed by atoms with Crippen molar-refractivity contribution in [1.29, 1.82) is 0 Å². The highest BCUT2D eigenvalue weighted by atomic mass is 16.6. The van der Waals surface area contributed by atoms with Gasteiger partial charge in [-0.2, -0.15) is 0 Å². The van der Waals surface area contributed by atoms with Gasteiger partial charge in [-0.1, -0.05) is 0 Å². The van der Waals surface area contributed by atoms with E-state index in [9.17, 15) is 9.90 Å². The van der Waals surface area contributed by atoms with Gasteiger partial charge in [-0.05, 0) is 46.5 Å². The van der Waals surface area contributed by atoms with E-state index in [0.717, 1.165) is 25.7 Å². The van der Waals surface area contributed by atoms with Gasteiger partial charge in [-0.15, -0.1) is 0 Å². The normalized spacial score (nSPS) is 28.0. The summed E-state index contributed by atoms with van der Waals surface area (Å²) in [6.07, 6.45) is 3.21. The minimum Gasteiger partial charge on any atom is -0.444 e. The smallest absolute Gasteiger partial charge is 0.410 e. The van der Waals surface area contributed by atoms with Crippen molar-refractivity contribution in [2.75, 3.05) is 6.54 Å². The fourth-order valence-corrected chi connectivity index (χ4v) is 2.33. The zero-order valence-corrected chi connectivity index (χ0v) is 10.3. The summed E-state index contributed by atoms with van der Waals surface area (Å²) in [5.74, 6) is 0. The molecule has 0 aromatic heterocycles. The Hall–Kier alpha value is -0.770. The van der Waals surface area contributed by atoms with E-state index in [1.165, 1.54) is 0 Å². The fourth-order valence-electron chi connectivity index (χ4n) is 2.33. The minimum atomic E-state index is -0.618. The standard InChI is InChI=1S/C12H21NO3/c1-11(2,3)16-10(14)13-8-4-5-9(13)12(15)6-7-12/h9,15H,4-8H2,1-3H3. The van der Waals surface area contributed by atoms with Crippen molar-refractivity contribution < 1.29 is 14.6 Å². The van der Waals surface area contributed by atoms with Crippen LogP contribution >= 0.6 is 0 Å². The Morgan fingerprint density at radius 3 is 2.56 bits per heavy atom. The SMILES string of the molecule is CC(C)(C)OC(=O)N1CCCC1C1(O)CC1. The third kappa shape index (κ3) is 2.32. The van der Waals surface area contributed by atoms with E-state index in [-0.39, 0.29) is 12.1 Å². The summed E-state index contributed by atoms with van der Waals surface area (Å²) in [5.41, 5.74) is -1.08. The fraction of sp³-hybridized carbons (Fsp3) is 0.917. The van der Waals surface area contributed by atoms with Crippen molar-refractivity contribution in [3.05, 3.63) is 0 Å². The molecule has 2 fully saturated rings. The molecule has 16 heavy (non-hydrogen) atoms. The number of carbonyl (C=O) groups is 1. The molecule has 1 aliphatic carbocycles. The van der Waals surface area contributed by atoms with E-state index in [4.69, 9.17) is 4.74 Å². The second kappa shape index (κ2) is 3.62. The van der Waals surface area contributed by atoms with Gasteiger partial charge in [0, 0.05) is 6.54 Å². The molecule has 2 aliphatic rings. The maximum atomic E-state index is 11.9. The molecule has 92 valence electrons. The highest BCUT2D eigenvalue weighted by molar-refractivity contribution is 5.69. The molecule has 1 amide bonds. The number of carbonyl (C=O) groups excluding carboxylic acids is 1. The lowest BCUT2D eigenvalue weighted by molar-refractivity contribution is -0.000838. The van der Waals surface area contributed by atoms with E-state index in [2.05, 4.69) is 0 Å². The van der Waals surface area contributed by atoms with E-state index >= 15 is 0 Å². The Labute approximate surface area is 96.6 Å². The van der Waals surface area contributed by atoms with Crippen molar-refractivity contribution in [1.82, 2.24) is 4.90 Å². The summed E-state index contributed by atoms with van der Waals surface area (Å²) in [6.45, 7) is 6.30. The second-order valence-corrected chi connectivity index (χ2v) is 5.94. The third-order valence-corrected chi connectivity index (χ3v) is 3.26. The lowest BCUT2D eigenvalue weighted by Gasteiger charge is -2.31. The summed E-state index contributed by atoms with van der Waals surface area (Å²) < 4.78 is 5.35. The van der Waals surface area contributed by atoms with Gasteiger partial charge >= 0.3 is 6.09 Å². The van der Waals surface area contributed by atoms with Crippen LogP contribution in [0.5, 0.6) is 0 Å². The van der Waals surface area contributed by atoms with E-state index in [1.54, 1.807) is 4.90 Å². The molecular weight excluding hydrogens is 206 g/mol. The molecule has 1 saturated carbocycles. The van der Waals surface area contributed by atoms with E-state index in [1.807, 2.05) is 20.8 Å². The van der Waals surface area contributed by atoms with Crippen molar-refractivity contribution in [2.24, 2.45) is 0 Å². The van der Waals surface area contributed by atoms with Crippen LogP contribution in [0.25, 0.3) is 0 Å². The highest BCUT2D eigenvalue weighted by Crippen LogP contribution is 2.44.